The number of ether oxygens (including phenoxy) is 1. The number of para-hydroxylation sites is 2. The molecule has 4 fully saturated rings. The number of aromatic nitrogens is 2. The van der Waals surface area contributed by atoms with Crippen LogP contribution in [0.4, 0.5) is 0 Å². The fraction of sp³-hybridized carbons (Fsp3) is 0.667. The van der Waals surface area contributed by atoms with Crippen molar-refractivity contribution in [2.75, 3.05) is 6.61 Å². The average molecular weight is 521 g/mol. The van der Waals surface area contributed by atoms with Crippen LogP contribution in [0, 0.1) is 11.8 Å². The Kier molecular flexibility index (Phi) is 7.25. The molecule has 4 atom stereocenters. The van der Waals surface area contributed by atoms with Gasteiger partial charge in [-0.05, 0) is 75.8 Å². The summed E-state index contributed by atoms with van der Waals surface area (Å²) in [4.78, 5) is 33.8. The van der Waals surface area contributed by atoms with E-state index in [1.807, 2.05) is 28.8 Å². The first-order chi connectivity index (χ1) is 18.6. The molecule has 0 spiro atoms. The number of nitrogens with zero attached hydrogens (tertiary/aromatic N) is 4. The van der Waals surface area contributed by atoms with Gasteiger partial charge < -0.3 is 14.5 Å². The molecule has 4 aliphatic rings. The Hall–Kier alpha value is -2.74. The second-order valence-electron chi connectivity index (χ2n) is 12.0. The van der Waals surface area contributed by atoms with Gasteiger partial charge in [0.2, 0.25) is 5.71 Å². The summed E-state index contributed by atoms with van der Waals surface area (Å²) >= 11 is 0. The summed E-state index contributed by atoms with van der Waals surface area (Å²) in [5, 5.41) is 12.8. The van der Waals surface area contributed by atoms with Gasteiger partial charge in [0.15, 0.2) is 5.69 Å². The second kappa shape index (κ2) is 10.8. The van der Waals surface area contributed by atoms with Crippen LogP contribution in [0.1, 0.15) is 95.7 Å². The van der Waals surface area contributed by atoms with Gasteiger partial charge in [-0.25, -0.2) is 9.78 Å². The summed E-state index contributed by atoms with van der Waals surface area (Å²) in [6.07, 6.45) is 15.1. The highest BCUT2D eigenvalue weighted by atomic mass is 16.5. The van der Waals surface area contributed by atoms with Crippen molar-refractivity contribution in [1.29, 1.82) is 0 Å². The van der Waals surface area contributed by atoms with Crippen LogP contribution in [0.5, 0.6) is 0 Å². The van der Waals surface area contributed by atoms with Gasteiger partial charge in [0.1, 0.15) is 0 Å². The van der Waals surface area contributed by atoms with E-state index in [9.17, 15) is 14.8 Å². The number of esters is 1. The summed E-state index contributed by atoms with van der Waals surface area (Å²) in [6.45, 7) is 1.79. The van der Waals surface area contributed by atoms with Gasteiger partial charge in [0.05, 0.1) is 17.6 Å². The van der Waals surface area contributed by atoms with Crippen molar-refractivity contribution in [3.8, 4) is 0 Å². The summed E-state index contributed by atoms with van der Waals surface area (Å²) < 4.78 is 6.90. The van der Waals surface area contributed by atoms with Gasteiger partial charge in [0.25, 0.3) is 5.56 Å². The predicted octanol–water partition coefficient (Wildman–Crippen LogP) is 5.05. The van der Waals surface area contributed by atoms with E-state index in [-0.39, 0.29) is 23.9 Å². The van der Waals surface area contributed by atoms with E-state index in [0.717, 1.165) is 30.2 Å². The van der Waals surface area contributed by atoms with Gasteiger partial charge in [-0.15, -0.1) is 0 Å². The number of carbonyl (C=O) groups excluding carboxylic acids is 1. The van der Waals surface area contributed by atoms with E-state index in [0.29, 0.717) is 23.6 Å². The minimum absolute atomic E-state index is 0.00806. The van der Waals surface area contributed by atoms with E-state index in [2.05, 4.69) is 15.0 Å². The van der Waals surface area contributed by atoms with Gasteiger partial charge in [0, 0.05) is 24.2 Å². The van der Waals surface area contributed by atoms with Crippen molar-refractivity contribution in [2.24, 2.45) is 17.0 Å². The van der Waals surface area contributed by atoms with Crippen LogP contribution in [0.15, 0.2) is 34.2 Å². The predicted molar refractivity (Wildman–Crippen MR) is 146 cm³/mol. The van der Waals surface area contributed by atoms with Crippen LogP contribution in [-0.2, 0) is 9.53 Å². The zero-order valence-corrected chi connectivity index (χ0v) is 22.4. The van der Waals surface area contributed by atoms with Crippen molar-refractivity contribution in [3.63, 3.8) is 0 Å². The van der Waals surface area contributed by atoms with E-state index in [1.54, 1.807) is 6.92 Å². The Morgan fingerprint density at radius 2 is 1.63 bits per heavy atom. The number of piperidine rings is 2. The highest BCUT2D eigenvalue weighted by Gasteiger charge is 2.45. The van der Waals surface area contributed by atoms with Gasteiger partial charge in [-0.2, -0.15) is 0 Å². The molecule has 4 bridgehead atoms. The molecule has 204 valence electrons. The molecule has 2 saturated carbocycles. The fourth-order valence-electron chi connectivity index (χ4n) is 8.36. The van der Waals surface area contributed by atoms with Crippen LogP contribution in [0.2, 0.25) is 0 Å². The normalized spacial score (nSPS) is 32.1. The Morgan fingerprint density at radius 1 is 0.947 bits per heavy atom. The topological polar surface area (TPSA) is 97.0 Å². The second-order valence-corrected chi connectivity index (χ2v) is 12.0. The molecular formula is C30H40N4O4. The molecule has 2 aromatic rings. The van der Waals surface area contributed by atoms with Gasteiger partial charge in [-0.3, -0.25) is 9.69 Å². The van der Waals surface area contributed by atoms with Crippen LogP contribution in [0.3, 0.4) is 0 Å². The lowest BCUT2D eigenvalue weighted by atomic mass is 9.73. The number of oxime groups is 1. The summed E-state index contributed by atoms with van der Waals surface area (Å²) in [5.41, 5.74) is 0.413. The van der Waals surface area contributed by atoms with E-state index < -0.39 is 11.7 Å². The maximum absolute atomic E-state index is 14.0. The van der Waals surface area contributed by atoms with Crippen molar-refractivity contribution in [2.45, 2.75) is 108 Å². The number of rotatable bonds is 5. The third-order valence-electron chi connectivity index (χ3n) is 9.73. The van der Waals surface area contributed by atoms with Crippen molar-refractivity contribution in [1.82, 2.24) is 14.5 Å². The third kappa shape index (κ3) is 4.65. The van der Waals surface area contributed by atoms with Crippen LogP contribution in [0.25, 0.3) is 11.0 Å². The molecule has 8 nitrogen and oxygen atoms in total. The molecular weight excluding hydrogens is 480 g/mol. The van der Waals surface area contributed by atoms with E-state index >= 15 is 0 Å². The Labute approximate surface area is 224 Å². The van der Waals surface area contributed by atoms with Crippen LogP contribution < -0.4 is 5.56 Å². The molecule has 2 aliphatic heterocycles. The number of hydrogen-bond donors (Lipinski definition) is 1. The molecule has 38 heavy (non-hydrogen) atoms. The molecule has 1 N–H and O–H groups in total. The SMILES string of the molecule is CCOC(=O)/C(=N\O)c1nc2ccccc2n(C2C[C@H]3CCC[C@H](C2)N3C2C[C@@H]3CCCC[C@@H](C2)C3)c1=O. The fourth-order valence-corrected chi connectivity index (χ4v) is 8.36. The van der Waals surface area contributed by atoms with Crippen LogP contribution in [-0.4, -0.2) is 56.1 Å². The number of hydrogen-bond acceptors (Lipinski definition) is 7. The smallest absolute Gasteiger partial charge is 0.362 e. The van der Waals surface area contributed by atoms with Crippen molar-refractivity contribution in [3.05, 3.63) is 40.3 Å². The van der Waals surface area contributed by atoms with Crippen molar-refractivity contribution < 1.29 is 14.7 Å². The lowest BCUT2D eigenvalue weighted by Gasteiger charge is -2.54. The quantitative estimate of drug-likeness (QED) is 0.256. The number of carbonyl (C=O) groups is 1. The monoisotopic (exact) mass is 520 g/mol. The lowest BCUT2D eigenvalue weighted by molar-refractivity contribution is -0.135. The Morgan fingerprint density at radius 3 is 2.29 bits per heavy atom. The molecule has 0 radical (unpaired) electrons. The molecule has 1 aromatic heterocycles. The molecule has 2 saturated heterocycles. The Bertz CT molecular complexity index is 1240. The first kappa shape index (κ1) is 25.5. The highest BCUT2D eigenvalue weighted by molar-refractivity contribution is 6.42. The van der Waals surface area contributed by atoms with E-state index in [1.165, 1.54) is 64.2 Å². The first-order valence-corrected chi connectivity index (χ1v) is 14.8. The lowest BCUT2D eigenvalue weighted by Crippen LogP contribution is -2.58. The minimum Gasteiger partial charge on any atom is -0.461 e. The zero-order chi connectivity index (χ0) is 26.2. The zero-order valence-electron chi connectivity index (χ0n) is 22.4. The molecule has 2 aliphatic carbocycles. The third-order valence-corrected chi connectivity index (χ3v) is 9.73. The summed E-state index contributed by atoms with van der Waals surface area (Å²) in [5.74, 6) is 0.924. The summed E-state index contributed by atoms with van der Waals surface area (Å²) in [6, 6.07) is 9.18. The number of benzene rings is 1. The molecule has 8 heteroatoms. The molecule has 0 amide bonds. The molecule has 1 aromatic carbocycles. The number of fused-ring (bicyclic) bond motifs is 5. The largest absolute Gasteiger partial charge is 0.461 e. The highest BCUT2D eigenvalue weighted by Crippen LogP contribution is 2.47. The standard InChI is InChI=1S/C30H40N4O4/c1-2-38-30(36)28(32-37)27-29(35)34(26-13-6-5-12-25(26)31-27)24-17-21-10-7-11-22(18-24)33(21)23-15-19-8-3-4-9-20(14-19)16-23/h5-6,12-13,19-24,37H,2-4,7-11,14-18H2,1H3/b32-28-/t19-,20-,21-,22-/m1/s1. The maximum atomic E-state index is 14.0. The molecule has 6 rings (SSSR count). The molecule has 0 unspecified atom stereocenters. The van der Waals surface area contributed by atoms with Gasteiger partial charge in [-0.1, -0.05) is 49.4 Å². The van der Waals surface area contributed by atoms with E-state index in [4.69, 9.17) is 4.74 Å². The van der Waals surface area contributed by atoms with Crippen LogP contribution >= 0.6 is 0 Å². The Balaban J connectivity index is 1.35. The molecule has 3 heterocycles. The summed E-state index contributed by atoms with van der Waals surface area (Å²) in [7, 11) is 0. The minimum atomic E-state index is -0.841. The maximum Gasteiger partial charge on any atom is 0.362 e. The van der Waals surface area contributed by atoms with Gasteiger partial charge >= 0.3 is 5.97 Å². The average Bonchev–Trinajstić information content (AvgIpc) is 3.08. The first-order valence-electron chi connectivity index (χ1n) is 14.8. The van der Waals surface area contributed by atoms with Crippen molar-refractivity contribution >= 4 is 22.7 Å².